The predicted molar refractivity (Wildman–Crippen MR) is 62.2 cm³/mol. The van der Waals surface area contributed by atoms with E-state index >= 15 is 0 Å². The number of nitrogens with two attached hydrogens (primary N) is 1. The van der Waals surface area contributed by atoms with E-state index < -0.39 is 12.0 Å². The van der Waals surface area contributed by atoms with E-state index in [1.807, 2.05) is 25.1 Å². The predicted octanol–water partition coefficient (Wildman–Crippen LogP) is 1.95. The molecule has 0 aliphatic carbocycles. The molecule has 0 aliphatic rings. The maximum absolute atomic E-state index is 10.6. The van der Waals surface area contributed by atoms with Gasteiger partial charge in [0.1, 0.15) is 0 Å². The number of hydrogen-bond donors (Lipinski definition) is 3. The summed E-state index contributed by atoms with van der Waals surface area (Å²) in [7, 11) is 0. The molecule has 2 rings (SSSR count). The van der Waals surface area contributed by atoms with Gasteiger partial charge in [0.05, 0.1) is 6.42 Å². The molecule has 4 N–H and O–H groups in total. The maximum atomic E-state index is 10.6. The average Bonchev–Trinajstić information content (AvgIpc) is 2.61. The van der Waals surface area contributed by atoms with Crippen LogP contribution in [0.4, 0.5) is 0 Å². The molecular formula is C12H14N2O2. The second kappa shape index (κ2) is 3.98. The normalized spacial score (nSPS) is 12.9. The standard InChI is InChI=1S/C12H14N2O2/c1-7-3-2-4-10-12(7)8(6-14-10)9(13)5-11(15)16/h2-4,6,9,14H,5,13H2,1H3,(H,15,16)/t9-/m1/s1. The highest BCUT2D eigenvalue weighted by Gasteiger charge is 2.15. The van der Waals surface area contributed by atoms with Crippen LogP contribution in [0.2, 0.25) is 0 Å². The number of aryl methyl sites for hydroxylation is 1. The fourth-order valence-electron chi connectivity index (χ4n) is 1.99. The third-order valence-corrected chi connectivity index (χ3v) is 2.74. The van der Waals surface area contributed by atoms with Gasteiger partial charge in [-0.1, -0.05) is 12.1 Å². The zero-order valence-corrected chi connectivity index (χ0v) is 9.03. The molecule has 0 radical (unpaired) electrons. The molecule has 0 aliphatic heterocycles. The number of benzene rings is 1. The second-order valence-corrected chi connectivity index (χ2v) is 3.95. The van der Waals surface area contributed by atoms with Gasteiger partial charge in [0, 0.05) is 23.1 Å². The number of aliphatic carboxylic acids is 1. The molecule has 4 nitrogen and oxygen atoms in total. The average molecular weight is 218 g/mol. The zero-order valence-electron chi connectivity index (χ0n) is 9.03. The van der Waals surface area contributed by atoms with Gasteiger partial charge in [-0.3, -0.25) is 4.79 Å². The Kier molecular flexibility index (Phi) is 2.66. The number of rotatable bonds is 3. The molecule has 1 heterocycles. The van der Waals surface area contributed by atoms with Gasteiger partial charge in [-0.2, -0.15) is 0 Å². The largest absolute Gasteiger partial charge is 0.481 e. The van der Waals surface area contributed by atoms with Crippen LogP contribution in [0.5, 0.6) is 0 Å². The minimum absolute atomic E-state index is 0.0543. The molecule has 0 fully saturated rings. The number of nitrogens with one attached hydrogen (secondary N) is 1. The van der Waals surface area contributed by atoms with E-state index in [2.05, 4.69) is 4.98 Å². The highest BCUT2D eigenvalue weighted by atomic mass is 16.4. The van der Waals surface area contributed by atoms with E-state index in [1.165, 1.54) is 0 Å². The number of fused-ring (bicyclic) bond motifs is 1. The van der Waals surface area contributed by atoms with Crippen molar-refractivity contribution in [2.75, 3.05) is 0 Å². The molecule has 0 spiro atoms. The van der Waals surface area contributed by atoms with Crippen LogP contribution in [-0.2, 0) is 4.79 Å². The number of carboxylic acids is 1. The highest BCUT2D eigenvalue weighted by molar-refractivity contribution is 5.87. The third kappa shape index (κ3) is 1.79. The molecule has 1 aromatic heterocycles. The number of carboxylic acid groups (broad SMARTS) is 1. The van der Waals surface area contributed by atoms with Crippen molar-refractivity contribution in [3.63, 3.8) is 0 Å². The van der Waals surface area contributed by atoms with E-state index in [1.54, 1.807) is 6.20 Å². The Morgan fingerprint density at radius 1 is 1.56 bits per heavy atom. The summed E-state index contributed by atoms with van der Waals surface area (Å²) >= 11 is 0. The first-order valence-electron chi connectivity index (χ1n) is 5.13. The van der Waals surface area contributed by atoms with E-state index in [9.17, 15) is 4.79 Å². The highest BCUT2D eigenvalue weighted by Crippen LogP contribution is 2.27. The lowest BCUT2D eigenvalue weighted by Gasteiger charge is -2.08. The molecule has 1 atom stereocenters. The van der Waals surface area contributed by atoms with E-state index in [0.29, 0.717) is 0 Å². The number of aromatic amines is 1. The van der Waals surface area contributed by atoms with Gasteiger partial charge in [0.2, 0.25) is 0 Å². The van der Waals surface area contributed by atoms with E-state index in [0.717, 1.165) is 22.0 Å². The summed E-state index contributed by atoms with van der Waals surface area (Å²) in [5.41, 5.74) is 8.85. The van der Waals surface area contributed by atoms with Crippen LogP contribution < -0.4 is 5.73 Å². The van der Waals surface area contributed by atoms with Crippen LogP contribution in [0, 0.1) is 6.92 Å². The molecular weight excluding hydrogens is 204 g/mol. The first-order chi connectivity index (χ1) is 7.59. The Bertz CT molecular complexity index is 531. The summed E-state index contributed by atoms with van der Waals surface area (Å²) in [6.45, 7) is 1.99. The molecule has 0 saturated heterocycles. The van der Waals surface area contributed by atoms with Gasteiger partial charge in [-0.15, -0.1) is 0 Å². The van der Waals surface area contributed by atoms with Crippen LogP contribution in [0.15, 0.2) is 24.4 Å². The minimum Gasteiger partial charge on any atom is -0.481 e. The lowest BCUT2D eigenvalue weighted by Crippen LogP contribution is -2.14. The fourth-order valence-corrected chi connectivity index (χ4v) is 1.99. The minimum atomic E-state index is -0.879. The summed E-state index contributed by atoms with van der Waals surface area (Å²) in [4.78, 5) is 13.7. The molecule has 0 unspecified atom stereocenters. The van der Waals surface area contributed by atoms with Crippen molar-refractivity contribution in [2.24, 2.45) is 5.73 Å². The van der Waals surface area contributed by atoms with Gasteiger partial charge in [0.25, 0.3) is 0 Å². The first-order valence-corrected chi connectivity index (χ1v) is 5.13. The number of H-pyrrole nitrogens is 1. The van der Waals surface area contributed by atoms with Crippen LogP contribution in [0.1, 0.15) is 23.6 Å². The van der Waals surface area contributed by atoms with Crippen LogP contribution in [0.25, 0.3) is 10.9 Å². The summed E-state index contributed by atoms with van der Waals surface area (Å²) in [5.74, 6) is -0.879. The maximum Gasteiger partial charge on any atom is 0.305 e. The summed E-state index contributed by atoms with van der Waals surface area (Å²) < 4.78 is 0. The van der Waals surface area contributed by atoms with Crippen molar-refractivity contribution >= 4 is 16.9 Å². The van der Waals surface area contributed by atoms with Gasteiger partial charge >= 0.3 is 5.97 Å². The van der Waals surface area contributed by atoms with Crippen molar-refractivity contribution in [2.45, 2.75) is 19.4 Å². The van der Waals surface area contributed by atoms with Crippen LogP contribution >= 0.6 is 0 Å². The number of aromatic nitrogens is 1. The van der Waals surface area contributed by atoms with Gasteiger partial charge in [-0.25, -0.2) is 0 Å². The molecule has 0 amide bonds. The smallest absolute Gasteiger partial charge is 0.305 e. The van der Waals surface area contributed by atoms with Crippen molar-refractivity contribution in [3.8, 4) is 0 Å². The van der Waals surface area contributed by atoms with Gasteiger partial charge < -0.3 is 15.8 Å². The Labute approximate surface area is 93.1 Å². The van der Waals surface area contributed by atoms with Gasteiger partial charge in [-0.05, 0) is 24.1 Å². The lowest BCUT2D eigenvalue weighted by atomic mass is 10.0. The molecule has 1 aromatic carbocycles. The molecule has 84 valence electrons. The van der Waals surface area contributed by atoms with Crippen molar-refractivity contribution in [1.29, 1.82) is 0 Å². The Balaban J connectivity index is 2.48. The zero-order chi connectivity index (χ0) is 11.7. The van der Waals surface area contributed by atoms with Crippen LogP contribution in [0.3, 0.4) is 0 Å². The van der Waals surface area contributed by atoms with E-state index in [4.69, 9.17) is 10.8 Å². The fraction of sp³-hybridized carbons (Fsp3) is 0.250. The molecule has 4 heteroatoms. The summed E-state index contributed by atoms with van der Waals surface area (Å²) in [6.07, 6.45) is 1.74. The lowest BCUT2D eigenvalue weighted by molar-refractivity contribution is -0.137. The monoisotopic (exact) mass is 218 g/mol. The Hall–Kier alpha value is -1.81. The third-order valence-electron chi connectivity index (χ3n) is 2.74. The van der Waals surface area contributed by atoms with E-state index in [-0.39, 0.29) is 6.42 Å². The number of hydrogen-bond acceptors (Lipinski definition) is 2. The van der Waals surface area contributed by atoms with Crippen molar-refractivity contribution < 1.29 is 9.90 Å². The molecule has 2 aromatic rings. The summed E-state index contributed by atoms with van der Waals surface area (Å²) in [5, 5.41) is 9.77. The van der Waals surface area contributed by atoms with Crippen LogP contribution in [-0.4, -0.2) is 16.1 Å². The topological polar surface area (TPSA) is 79.1 Å². The molecule has 0 bridgehead atoms. The SMILES string of the molecule is Cc1cccc2[nH]cc([C@H](N)CC(=O)O)c12. The van der Waals surface area contributed by atoms with Crippen molar-refractivity contribution in [3.05, 3.63) is 35.5 Å². The first kappa shape index (κ1) is 10.7. The quantitative estimate of drug-likeness (QED) is 0.736. The van der Waals surface area contributed by atoms with Gasteiger partial charge in [0.15, 0.2) is 0 Å². The number of carbonyl (C=O) groups is 1. The van der Waals surface area contributed by atoms with Crippen molar-refractivity contribution in [1.82, 2.24) is 4.98 Å². The molecule has 16 heavy (non-hydrogen) atoms. The Morgan fingerprint density at radius 2 is 2.31 bits per heavy atom. The molecule has 0 saturated carbocycles. The summed E-state index contributed by atoms with van der Waals surface area (Å²) in [6, 6.07) is 5.44. The Morgan fingerprint density at radius 3 is 3.00 bits per heavy atom. The second-order valence-electron chi connectivity index (χ2n) is 3.95.